The van der Waals surface area contributed by atoms with Crippen molar-refractivity contribution in [3.8, 4) is 0 Å². The van der Waals surface area contributed by atoms with Gasteiger partial charge < -0.3 is 15.6 Å². The highest BCUT2D eigenvalue weighted by molar-refractivity contribution is 5.90. The molecule has 88 valence electrons. The van der Waals surface area contributed by atoms with Crippen LogP contribution >= 0.6 is 0 Å². The minimum atomic E-state index is -0.103. The minimum Gasteiger partial charge on any atom is -0.328 e. The number of pyridine rings is 1. The van der Waals surface area contributed by atoms with Gasteiger partial charge in [0.1, 0.15) is 0 Å². The molecule has 0 spiro atoms. The molecule has 5 heteroatoms. The van der Waals surface area contributed by atoms with E-state index in [2.05, 4.69) is 5.32 Å². The van der Waals surface area contributed by atoms with Gasteiger partial charge in [0.05, 0.1) is 5.69 Å². The molecule has 0 saturated heterocycles. The zero-order chi connectivity index (χ0) is 12.1. The monoisotopic (exact) mass is 223 g/mol. The Kier molecular flexibility index (Phi) is 4.25. The molecular formula is C11H17N3O2. The van der Waals surface area contributed by atoms with Crippen molar-refractivity contribution in [1.82, 2.24) is 4.57 Å². The predicted molar refractivity (Wildman–Crippen MR) is 63.2 cm³/mol. The van der Waals surface area contributed by atoms with Gasteiger partial charge in [-0.25, -0.2) is 0 Å². The lowest BCUT2D eigenvalue weighted by atomic mass is 10.2. The molecule has 3 N–H and O–H groups in total. The lowest BCUT2D eigenvalue weighted by molar-refractivity contribution is -0.116. The molecule has 0 radical (unpaired) electrons. The van der Waals surface area contributed by atoms with Crippen LogP contribution in [0.15, 0.2) is 23.1 Å². The highest BCUT2D eigenvalue weighted by Crippen LogP contribution is 2.04. The maximum Gasteiger partial charge on any atom is 0.250 e. The van der Waals surface area contributed by atoms with Gasteiger partial charge in [0.15, 0.2) is 0 Å². The fourth-order valence-electron chi connectivity index (χ4n) is 1.25. The molecule has 1 unspecified atom stereocenters. The van der Waals surface area contributed by atoms with E-state index in [0.29, 0.717) is 18.5 Å². The zero-order valence-electron chi connectivity index (χ0n) is 9.56. The number of nitrogens with zero attached hydrogens (tertiary/aromatic N) is 1. The summed E-state index contributed by atoms with van der Waals surface area (Å²) in [6.07, 6.45) is 2.63. The molecule has 1 aromatic rings. The molecule has 0 aliphatic rings. The number of hydrogen-bond donors (Lipinski definition) is 2. The fourth-order valence-corrected chi connectivity index (χ4v) is 1.25. The van der Waals surface area contributed by atoms with Crippen LogP contribution in [0.4, 0.5) is 5.69 Å². The Labute approximate surface area is 94.3 Å². The van der Waals surface area contributed by atoms with Crippen LogP contribution in [-0.2, 0) is 11.8 Å². The second kappa shape index (κ2) is 5.46. The SMILES string of the molecule is CC(N)CCC(=O)Nc1ccc(=O)n(C)c1. The van der Waals surface area contributed by atoms with Crippen molar-refractivity contribution in [2.75, 3.05) is 5.32 Å². The summed E-state index contributed by atoms with van der Waals surface area (Å²) in [5, 5.41) is 2.71. The van der Waals surface area contributed by atoms with Crippen LogP contribution in [0, 0.1) is 0 Å². The minimum absolute atomic E-state index is 0.0193. The van der Waals surface area contributed by atoms with E-state index in [9.17, 15) is 9.59 Å². The molecule has 0 aliphatic heterocycles. The molecule has 5 nitrogen and oxygen atoms in total. The van der Waals surface area contributed by atoms with E-state index in [-0.39, 0.29) is 17.5 Å². The average molecular weight is 223 g/mol. The maximum atomic E-state index is 11.5. The van der Waals surface area contributed by atoms with Gasteiger partial charge in [0.2, 0.25) is 11.5 Å². The topological polar surface area (TPSA) is 77.1 Å². The van der Waals surface area contributed by atoms with Crippen LogP contribution in [0.1, 0.15) is 19.8 Å². The third-order valence-electron chi connectivity index (χ3n) is 2.20. The molecule has 1 amide bonds. The highest BCUT2D eigenvalue weighted by Gasteiger charge is 2.04. The summed E-state index contributed by atoms with van der Waals surface area (Å²) in [6.45, 7) is 1.86. The van der Waals surface area contributed by atoms with Gasteiger partial charge in [0, 0.05) is 31.8 Å². The van der Waals surface area contributed by atoms with Crippen LogP contribution in [0.2, 0.25) is 0 Å². The van der Waals surface area contributed by atoms with E-state index in [1.165, 1.54) is 10.6 Å². The standard InChI is InChI=1S/C11H17N3O2/c1-8(12)3-5-10(15)13-9-4-6-11(16)14(2)7-9/h4,6-8H,3,5,12H2,1-2H3,(H,13,15). The summed E-state index contributed by atoms with van der Waals surface area (Å²) in [4.78, 5) is 22.6. The van der Waals surface area contributed by atoms with Crippen molar-refractivity contribution < 1.29 is 4.79 Å². The number of amides is 1. The average Bonchev–Trinajstić information content (AvgIpc) is 2.21. The first-order valence-corrected chi connectivity index (χ1v) is 5.21. The predicted octanol–water partition coefficient (Wildman–Crippen LogP) is 0.451. The number of nitrogens with two attached hydrogens (primary N) is 1. The summed E-state index contributed by atoms with van der Waals surface area (Å²) in [7, 11) is 1.64. The molecule has 0 aliphatic carbocycles. The Morgan fingerprint density at radius 3 is 2.81 bits per heavy atom. The highest BCUT2D eigenvalue weighted by atomic mass is 16.1. The Balaban J connectivity index is 2.56. The van der Waals surface area contributed by atoms with Crippen LogP contribution < -0.4 is 16.6 Å². The quantitative estimate of drug-likeness (QED) is 0.778. The maximum absolute atomic E-state index is 11.5. The van der Waals surface area contributed by atoms with Crippen molar-refractivity contribution >= 4 is 11.6 Å². The third-order valence-corrected chi connectivity index (χ3v) is 2.20. The molecule has 0 bridgehead atoms. The Bertz CT molecular complexity index is 423. The summed E-state index contributed by atoms with van der Waals surface area (Å²) in [6, 6.07) is 3.03. The number of aromatic nitrogens is 1. The van der Waals surface area contributed by atoms with Crippen molar-refractivity contribution in [2.24, 2.45) is 12.8 Å². The van der Waals surface area contributed by atoms with E-state index in [1.54, 1.807) is 19.3 Å². The van der Waals surface area contributed by atoms with Gasteiger partial charge >= 0.3 is 0 Å². The molecule has 16 heavy (non-hydrogen) atoms. The molecule has 1 atom stereocenters. The first kappa shape index (κ1) is 12.4. The van der Waals surface area contributed by atoms with Crippen molar-refractivity contribution in [1.29, 1.82) is 0 Å². The Morgan fingerprint density at radius 1 is 1.56 bits per heavy atom. The Hall–Kier alpha value is -1.62. The molecule has 1 heterocycles. The number of nitrogens with one attached hydrogen (secondary N) is 1. The zero-order valence-corrected chi connectivity index (χ0v) is 9.56. The van der Waals surface area contributed by atoms with Crippen molar-refractivity contribution in [3.05, 3.63) is 28.7 Å². The van der Waals surface area contributed by atoms with Crippen molar-refractivity contribution in [2.45, 2.75) is 25.8 Å². The third kappa shape index (κ3) is 3.86. The lowest BCUT2D eigenvalue weighted by Crippen LogP contribution is -2.21. The number of rotatable bonds is 4. The second-order valence-electron chi connectivity index (χ2n) is 3.93. The van der Waals surface area contributed by atoms with Gasteiger partial charge in [0.25, 0.3) is 0 Å². The fraction of sp³-hybridized carbons (Fsp3) is 0.455. The molecule has 0 saturated carbocycles. The normalized spacial score (nSPS) is 12.2. The largest absolute Gasteiger partial charge is 0.328 e. The van der Waals surface area contributed by atoms with Gasteiger partial charge in [-0.2, -0.15) is 0 Å². The van der Waals surface area contributed by atoms with Gasteiger partial charge in [-0.15, -0.1) is 0 Å². The van der Waals surface area contributed by atoms with E-state index < -0.39 is 0 Å². The van der Waals surface area contributed by atoms with E-state index >= 15 is 0 Å². The molecular weight excluding hydrogens is 206 g/mol. The number of carbonyl (C=O) groups excluding carboxylic acids is 1. The summed E-state index contributed by atoms with van der Waals surface area (Å²) < 4.78 is 1.42. The van der Waals surface area contributed by atoms with Crippen LogP contribution in [0.25, 0.3) is 0 Å². The first-order chi connectivity index (χ1) is 7.49. The van der Waals surface area contributed by atoms with E-state index in [0.717, 1.165) is 0 Å². The number of aryl methyl sites for hydroxylation is 1. The molecule has 1 rings (SSSR count). The van der Waals surface area contributed by atoms with Gasteiger partial charge in [-0.1, -0.05) is 0 Å². The first-order valence-electron chi connectivity index (χ1n) is 5.21. The lowest BCUT2D eigenvalue weighted by Gasteiger charge is -2.07. The van der Waals surface area contributed by atoms with Crippen LogP contribution in [-0.4, -0.2) is 16.5 Å². The summed E-state index contributed by atoms with van der Waals surface area (Å²) in [5.41, 5.74) is 6.07. The molecule has 1 aromatic heterocycles. The second-order valence-corrected chi connectivity index (χ2v) is 3.93. The van der Waals surface area contributed by atoms with Gasteiger partial charge in [-0.3, -0.25) is 9.59 Å². The number of anilines is 1. The summed E-state index contributed by atoms with van der Waals surface area (Å²) in [5.74, 6) is -0.0871. The molecule has 0 aromatic carbocycles. The number of hydrogen-bond acceptors (Lipinski definition) is 3. The smallest absolute Gasteiger partial charge is 0.250 e. The number of carbonyl (C=O) groups is 1. The van der Waals surface area contributed by atoms with E-state index in [1.807, 2.05) is 6.92 Å². The van der Waals surface area contributed by atoms with Crippen molar-refractivity contribution in [3.63, 3.8) is 0 Å². The van der Waals surface area contributed by atoms with Gasteiger partial charge in [-0.05, 0) is 19.4 Å². The summed E-state index contributed by atoms with van der Waals surface area (Å²) >= 11 is 0. The van der Waals surface area contributed by atoms with Crippen LogP contribution in [0.5, 0.6) is 0 Å². The Morgan fingerprint density at radius 2 is 2.25 bits per heavy atom. The van der Waals surface area contributed by atoms with E-state index in [4.69, 9.17) is 5.73 Å². The van der Waals surface area contributed by atoms with Crippen LogP contribution in [0.3, 0.4) is 0 Å². The molecule has 0 fully saturated rings.